The summed E-state index contributed by atoms with van der Waals surface area (Å²) in [5.74, 6) is 0. The lowest BCUT2D eigenvalue weighted by molar-refractivity contribution is 0.892. The van der Waals surface area contributed by atoms with E-state index in [2.05, 4.69) is 10.6 Å². The van der Waals surface area contributed by atoms with Crippen LogP contribution in [0.25, 0.3) is 0 Å². The van der Waals surface area contributed by atoms with E-state index in [1.807, 2.05) is 13.0 Å². The van der Waals surface area contributed by atoms with Crippen molar-refractivity contribution in [2.75, 3.05) is 13.1 Å². The Hall–Kier alpha value is -1.17. The third-order valence-corrected chi connectivity index (χ3v) is 0.704. The monoisotopic (exact) mass is 125 g/mol. The molecule has 0 aliphatic heterocycles. The highest BCUT2D eigenvalue weighted by atomic mass is 14.9. The Kier molecular flexibility index (Phi) is 5.94. The Morgan fingerprint density at radius 2 is 2.11 bits per heavy atom. The molecule has 0 heterocycles. The van der Waals surface area contributed by atoms with Gasteiger partial charge in [-0.05, 0) is 6.92 Å². The summed E-state index contributed by atoms with van der Waals surface area (Å²) in [4.78, 5) is 0. The normalized spacial score (nSPS) is 8.89. The van der Waals surface area contributed by atoms with Crippen molar-refractivity contribution in [3.8, 4) is 6.07 Å². The Balaban J connectivity index is 2.97. The van der Waals surface area contributed by atoms with E-state index >= 15 is 0 Å². The van der Waals surface area contributed by atoms with Crippen LogP contribution >= 0.6 is 0 Å². The van der Waals surface area contributed by atoms with Crippen LogP contribution in [0, 0.1) is 11.3 Å². The number of nitrogens with zero attached hydrogens (tertiary/aromatic N) is 1. The third-order valence-electron chi connectivity index (χ3n) is 0.704. The second-order valence-electron chi connectivity index (χ2n) is 1.43. The summed E-state index contributed by atoms with van der Waals surface area (Å²) < 4.78 is 0. The summed E-state index contributed by atoms with van der Waals surface area (Å²) in [6.07, 6.45) is 3.49. The van der Waals surface area contributed by atoms with Gasteiger partial charge in [0.25, 0.3) is 0 Å². The van der Waals surface area contributed by atoms with E-state index in [0.29, 0.717) is 6.54 Å². The molecule has 0 amide bonds. The molecule has 0 aromatic heterocycles. The van der Waals surface area contributed by atoms with Gasteiger partial charge in [-0.25, -0.2) is 0 Å². The summed E-state index contributed by atoms with van der Waals surface area (Å²) in [5.41, 5.74) is 0. The Labute approximate surface area is 55.4 Å². The number of nitriles is 1. The van der Waals surface area contributed by atoms with Gasteiger partial charge in [0.15, 0.2) is 0 Å². The molecule has 3 nitrogen and oxygen atoms in total. The summed E-state index contributed by atoms with van der Waals surface area (Å²) in [7, 11) is 0. The van der Waals surface area contributed by atoms with Crippen molar-refractivity contribution in [2.24, 2.45) is 0 Å². The average molecular weight is 125 g/mol. The Morgan fingerprint density at radius 3 is 2.67 bits per heavy atom. The maximum Gasteiger partial charge on any atom is 0.103 e. The third kappa shape index (κ3) is 6.83. The molecule has 0 saturated carbocycles. The van der Waals surface area contributed by atoms with Gasteiger partial charge < -0.3 is 10.6 Å². The molecule has 0 saturated heterocycles. The van der Waals surface area contributed by atoms with E-state index in [9.17, 15) is 0 Å². The zero-order valence-corrected chi connectivity index (χ0v) is 5.52. The van der Waals surface area contributed by atoms with Crippen molar-refractivity contribution < 1.29 is 0 Å². The number of nitrogens with one attached hydrogen (secondary N) is 2. The first-order chi connectivity index (χ1) is 4.41. The number of hydrogen-bond acceptors (Lipinski definition) is 3. The van der Waals surface area contributed by atoms with Gasteiger partial charge in [0.2, 0.25) is 0 Å². The molecule has 0 atom stereocenters. The highest BCUT2D eigenvalue weighted by Crippen LogP contribution is 1.59. The van der Waals surface area contributed by atoms with E-state index < -0.39 is 0 Å². The minimum absolute atomic E-state index is 0.363. The zero-order valence-electron chi connectivity index (χ0n) is 5.52. The second kappa shape index (κ2) is 6.83. The van der Waals surface area contributed by atoms with E-state index in [4.69, 9.17) is 5.26 Å². The Morgan fingerprint density at radius 1 is 1.44 bits per heavy atom. The van der Waals surface area contributed by atoms with Gasteiger partial charge in [-0.3, -0.25) is 0 Å². The van der Waals surface area contributed by atoms with Crippen molar-refractivity contribution in [1.29, 1.82) is 5.26 Å². The summed E-state index contributed by atoms with van der Waals surface area (Å²) in [6, 6.07) is 1.95. The molecular formula is C6H11N3. The molecule has 0 aromatic carbocycles. The predicted molar refractivity (Wildman–Crippen MR) is 36.4 cm³/mol. The lowest BCUT2D eigenvalue weighted by atomic mass is 10.7. The average Bonchev–Trinajstić information content (AvgIpc) is 1.89. The molecule has 0 aliphatic rings. The largest absolute Gasteiger partial charge is 0.390 e. The van der Waals surface area contributed by atoms with Crippen LogP contribution in [0.15, 0.2) is 12.4 Å². The summed E-state index contributed by atoms with van der Waals surface area (Å²) >= 11 is 0. The first kappa shape index (κ1) is 7.83. The maximum absolute atomic E-state index is 8.06. The van der Waals surface area contributed by atoms with Crippen LogP contribution in [0.5, 0.6) is 0 Å². The van der Waals surface area contributed by atoms with Crippen LogP contribution in [-0.4, -0.2) is 13.1 Å². The quantitative estimate of drug-likeness (QED) is 0.416. The summed E-state index contributed by atoms with van der Waals surface area (Å²) in [6.45, 7) is 3.28. The molecule has 0 radical (unpaired) electrons. The Bertz CT molecular complexity index is 112. The van der Waals surface area contributed by atoms with Gasteiger partial charge in [-0.1, -0.05) is 0 Å². The van der Waals surface area contributed by atoms with Crippen LogP contribution in [0.4, 0.5) is 0 Å². The van der Waals surface area contributed by atoms with Crippen molar-refractivity contribution in [3.63, 3.8) is 0 Å². The van der Waals surface area contributed by atoms with Gasteiger partial charge in [0.1, 0.15) is 6.54 Å². The molecule has 9 heavy (non-hydrogen) atoms. The smallest absolute Gasteiger partial charge is 0.103 e. The molecule has 50 valence electrons. The lowest BCUT2D eigenvalue weighted by Gasteiger charge is -1.91. The van der Waals surface area contributed by atoms with Crippen molar-refractivity contribution >= 4 is 0 Å². The molecule has 0 rings (SSSR count). The first-order valence-electron chi connectivity index (χ1n) is 2.90. The molecule has 0 fully saturated rings. The fourth-order valence-corrected chi connectivity index (χ4v) is 0.340. The molecule has 0 aromatic rings. The van der Waals surface area contributed by atoms with Gasteiger partial charge in [0, 0.05) is 18.9 Å². The standard InChI is InChI=1S/C6H11N3/c1-2-8-5-6-9-4-3-7/h5-6,8-9H,2,4H2,1H3/b6-5-. The highest BCUT2D eigenvalue weighted by Gasteiger charge is 1.69. The number of hydrogen-bond donors (Lipinski definition) is 2. The van der Waals surface area contributed by atoms with Crippen LogP contribution in [0.3, 0.4) is 0 Å². The van der Waals surface area contributed by atoms with Gasteiger partial charge in [0.05, 0.1) is 6.07 Å². The van der Waals surface area contributed by atoms with Crippen LogP contribution < -0.4 is 10.6 Å². The topological polar surface area (TPSA) is 47.8 Å². The molecule has 0 aliphatic carbocycles. The van der Waals surface area contributed by atoms with Gasteiger partial charge in [-0.15, -0.1) is 0 Å². The fourth-order valence-electron chi connectivity index (χ4n) is 0.340. The molecule has 0 bridgehead atoms. The predicted octanol–water partition coefficient (Wildman–Crippen LogP) is 0.180. The molecule has 2 N–H and O–H groups in total. The van der Waals surface area contributed by atoms with E-state index in [1.165, 1.54) is 0 Å². The molecule has 0 spiro atoms. The van der Waals surface area contributed by atoms with Crippen molar-refractivity contribution in [2.45, 2.75) is 6.92 Å². The number of rotatable bonds is 4. The SMILES string of the molecule is CCN/C=C\NCC#N. The second-order valence-corrected chi connectivity index (χ2v) is 1.43. The van der Waals surface area contributed by atoms with Crippen molar-refractivity contribution in [1.82, 2.24) is 10.6 Å². The van der Waals surface area contributed by atoms with E-state index in [0.717, 1.165) is 6.54 Å². The maximum atomic E-state index is 8.06. The van der Waals surface area contributed by atoms with Crippen LogP contribution in [-0.2, 0) is 0 Å². The minimum atomic E-state index is 0.363. The highest BCUT2D eigenvalue weighted by molar-refractivity contribution is 4.82. The summed E-state index contributed by atoms with van der Waals surface area (Å²) in [5, 5.41) is 13.8. The first-order valence-corrected chi connectivity index (χ1v) is 2.90. The van der Waals surface area contributed by atoms with Gasteiger partial charge >= 0.3 is 0 Å². The van der Waals surface area contributed by atoms with Crippen LogP contribution in [0.1, 0.15) is 6.92 Å². The zero-order chi connectivity index (χ0) is 6.95. The molecule has 0 unspecified atom stereocenters. The van der Waals surface area contributed by atoms with Crippen LogP contribution in [0.2, 0.25) is 0 Å². The van der Waals surface area contributed by atoms with Crippen molar-refractivity contribution in [3.05, 3.63) is 12.4 Å². The molecular weight excluding hydrogens is 114 g/mol. The lowest BCUT2D eigenvalue weighted by Crippen LogP contribution is -2.08. The van der Waals surface area contributed by atoms with Gasteiger partial charge in [-0.2, -0.15) is 5.26 Å². The van der Waals surface area contributed by atoms with E-state index in [-0.39, 0.29) is 0 Å². The fraction of sp³-hybridized carbons (Fsp3) is 0.500. The molecule has 3 heteroatoms. The van der Waals surface area contributed by atoms with E-state index in [1.54, 1.807) is 12.4 Å². The minimum Gasteiger partial charge on any atom is -0.390 e.